The van der Waals surface area contributed by atoms with Crippen LogP contribution in [0.4, 0.5) is 0 Å². The molecule has 0 aliphatic heterocycles. The van der Waals surface area contributed by atoms with Crippen LogP contribution in [0.5, 0.6) is 0 Å². The molecule has 0 rings (SSSR count). The van der Waals surface area contributed by atoms with Gasteiger partial charge in [0, 0.05) is 5.57 Å². The molecule has 1 N–H and O–H groups in total. The Kier molecular flexibility index (Phi) is 10.4. The van der Waals surface area contributed by atoms with Gasteiger partial charge in [0.25, 0.3) is 0 Å². The number of unbranched alkanes of at least 4 members (excludes halogenated alkanes) is 6. The minimum absolute atomic E-state index is 0.501. The smallest absolute Gasteiger partial charge is 0.331 e. The van der Waals surface area contributed by atoms with Gasteiger partial charge in [-0.1, -0.05) is 57.1 Å². The summed E-state index contributed by atoms with van der Waals surface area (Å²) >= 11 is 0. The van der Waals surface area contributed by atoms with Gasteiger partial charge in [-0.2, -0.15) is 0 Å². The van der Waals surface area contributed by atoms with E-state index in [1.165, 1.54) is 38.5 Å². The lowest BCUT2D eigenvalue weighted by molar-refractivity contribution is -0.132. The predicted molar refractivity (Wildman–Crippen MR) is 77.8 cm³/mol. The van der Waals surface area contributed by atoms with Crippen LogP contribution >= 0.6 is 0 Å². The summed E-state index contributed by atoms with van der Waals surface area (Å²) in [5.41, 5.74) is 1.53. The molecule has 2 heteroatoms. The molecule has 18 heavy (non-hydrogen) atoms. The van der Waals surface area contributed by atoms with Crippen LogP contribution in [0.25, 0.3) is 0 Å². The van der Waals surface area contributed by atoms with Gasteiger partial charge in [-0.3, -0.25) is 0 Å². The first-order chi connectivity index (χ1) is 8.63. The lowest BCUT2D eigenvalue weighted by Gasteiger charge is -2.08. The fourth-order valence-corrected chi connectivity index (χ4v) is 2.06. The van der Waals surface area contributed by atoms with Gasteiger partial charge in [0.2, 0.25) is 0 Å². The van der Waals surface area contributed by atoms with Crippen molar-refractivity contribution in [2.24, 2.45) is 0 Å². The Hall–Kier alpha value is -1.05. The highest BCUT2D eigenvalue weighted by Crippen LogP contribution is 2.18. The van der Waals surface area contributed by atoms with Gasteiger partial charge in [-0.15, -0.1) is 6.58 Å². The molecule has 0 aliphatic carbocycles. The van der Waals surface area contributed by atoms with Crippen molar-refractivity contribution >= 4 is 5.97 Å². The highest BCUT2D eigenvalue weighted by Gasteiger charge is 2.07. The van der Waals surface area contributed by atoms with Crippen molar-refractivity contribution in [2.45, 2.75) is 71.6 Å². The number of carbonyl (C=O) groups is 1. The average Bonchev–Trinajstić information content (AvgIpc) is 2.35. The SMILES string of the molecule is C=CCC(CCCCCCCCC)=C(C)C(=O)O. The minimum atomic E-state index is -0.796. The van der Waals surface area contributed by atoms with Crippen molar-refractivity contribution in [1.82, 2.24) is 0 Å². The zero-order valence-electron chi connectivity index (χ0n) is 12.0. The van der Waals surface area contributed by atoms with E-state index in [1.807, 2.05) is 0 Å². The fourth-order valence-electron chi connectivity index (χ4n) is 2.06. The molecule has 0 aromatic heterocycles. The lowest BCUT2D eigenvalue weighted by Crippen LogP contribution is -2.01. The quantitative estimate of drug-likeness (QED) is 0.315. The van der Waals surface area contributed by atoms with Gasteiger partial charge < -0.3 is 5.11 Å². The highest BCUT2D eigenvalue weighted by atomic mass is 16.4. The second kappa shape index (κ2) is 11.1. The van der Waals surface area contributed by atoms with Gasteiger partial charge in [0.1, 0.15) is 0 Å². The summed E-state index contributed by atoms with van der Waals surface area (Å²) in [5.74, 6) is -0.796. The summed E-state index contributed by atoms with van der Waals surface area (Å²) in [6, 6.07) is 0. The number of rotatable bonds is 11. The lowest BCUT2D eigenvalue weighted by atomic mass is 9.98. The van der Waals surface area contributed by atoms with E-state index in [4.69, 9.17) is 5.11 Å². The van der Waals surface area contributed by atoms with E-state index in [9.17, 15) is 4.79 Å². The zero-order chi connectivity index (χ0) is 13.8. The molecule has 2 nitrogen and oxygen atoms in total. The molecule has 0 fully saturated rings. The first-order valence-electron chi connectivity index (χ1n) is 7.16. The maximum Gasteiger partial charge on any atom is 0.331 e. The molecule has 0 amide bonds. The van der Waals surface area contributed by atoms with Crippen molar-refractivity contribution < 1.29 is 9.90 Å². The summed E-state index contributed by atoms with van der Waals surface area (Å²) in [6.07, 6.45) is 12.2. The summed E-state index contributed by atoms with van der Waals surface area (Å²) in [6.45, 7) is 7.61. The Balaban J connectivity index is 3.88. The van der Waals surface area contributed by atoms with Crippen molar-refractivity contribution in [1.29, 1.82) is 0 Å². The summed E-state index contributed by atoms with van der Waals surface area (Å²) in [7, 11) is 0. The van der Waals surface area contributed by atoms with E-state index in [-0.39, 0.29) is 0 Å². The molecule has 0 unspecified atom stereocenters. The number of allylic oxidation sites excluding steroid dienone is 2. The molecular weight excluding hydrogens is 224 g/mol. The third kappa shape index (κ3) is 8.10. The van der Waals surface area contributed by atoms with E-state index in [1.54, 1.807) is 13.0 Å². The molecular formula is C16H28O2. The number of carboxylic acids is 1. The van der Waals surface area contributed by atoms with Crippen LogP contribution in [0.1, 0.15) is 71.6 Å². The van der Waals surface area contributed by atoms with Crippen LogP contribution in [0.15, 0.2) is 23.8 Å². The van der Waals surface area contributed by atoms with E-state index < -0.39 is 5.97 Å². The third-order valence-electron chi connectivity index (χ3n) is 3.32. The molecule has 0 aromatic carbocycles. The van der Waals surface area contributed by atoms with Crippen LogP contribution in [0, 0.1) is 0 Å². The van der Waals surface area contributed by atoms with Gasteiger partial charge in [-0.25, -0.2) is 4.79 Å². The number of hydrogen-bond acceptors (Lipinski definition) is 1. The molecule has 0 atom stereocenters. The molecule has 0 aliphatic rings. The van der Waals surface area contributed by atoms with Crippen LogP contribution in [-0.4, -0.2) is 11.1 Å². The number of carboxylic acid groups (broad SMARTS) is 1. The van der Waals surface area contributed by atoms with E-state index >= 15 is 0 Å². The monoisotopic (exact) mass is 252 g/mol. The molecule has 104 valence electrons. The maximum absolute atomic E-state index is 10.9. The Morgan fingerprint density at radius 3 is 2.17 bits per heavy atom. The number of aliphatic carboxylic acids is 1. The average molecular weight is 252 g/mol. The first kappa shape index (κ1) is 16.9. The van der Waals surface area contributed by atoms with Gasteiger partial charge in [-0.05, 0) is 26.2 Å². The standard InChI is InChI=1S/C16H28O2/c1-4-6-7-8-9-10-11-13-15(12-5-2)14(3)16(17)18/h5H,2,4,6-13H2,1,3H3,(H,17,18). The Labute approximate surface area is 112 Å². The summed E-state index contributed by atoms with van der Waals surface area (Å²) < 4.78 is 0. The summed E-state index contributed by atoms with van der Waals surface area (Å²) in [4.78, 5) is 10.9. The Bertz CT molecular complexity index is 277. The van der Waals surface area contributed by atoms with Gasteiger partial charge >= 0.3 is 5.97 Å². The summed E-state index contributed by atoms with van der Waals surface area (Å²) in [5, 5.41) is 8.99. The van der Waals surface area contributed by atoms with Gasteiger partial charge in [0.05, 0.1) is 0 Å². The van der Waals surface area contributed by atoms with Gasteiger partial charge in [0.15, 0.2) is 0 Å². The zero-order valence-corrected chi connectivity index (χ0v) is 12.0. The van der Waals surface area contributed by atoms with E-state index in [0.717, 1.165) is 18.4 Å². The Morgan fingerprint density at radius 2 is 1.67 bits per heavy atom. The van der Waals surface area contributed by atoms with Crippen molar-refractivity contribution in [3.05, 3.63) is 23.8 Å². The fraction of sp³-hybridized carbons (Fsp3) is 0.688. The van der Waals surface area contributed by atoms with Crippen LogP contribution in [0.2, 0.25) is 0 Å². The van der Waals surface area contributed by atoms with Crippen LogP contribution < -0.4 is 0 Å². The largest absolute Gasteiger partial charge is 0.478 e. The maximum atomic E-state index is 10.9. The molecule has 0 saturated carbocycles. The molecule has 0 bridgehead atoms. The Morgan fingerprint density at radius 1 is 1.11 bits per heavy atom. The molecule has 0 saturated heterocycles. The third-order valence-corrected chi connectivity index (χ3v) is 3.32. The molecule has 0 spiro atoms. The number of hydrogen-bond donors (Lipinski definition) is 1. The highest BCUT2D eigenvalue weighted by molar-refractivity contribution is 5.86. The topological polar surface area (TPSA) is 37.3 Å². The normalized spacial score (nSPS) is 12.1. The van der Waals surface area contributed by atoms with E-state index in [2.05, 4.69) is 13.5 Å². The minimum Gasteiger partial charge on any atom is -0.478 e. The second-order valence-electron chi connectivity index (χ2n) is 4.90. The van der Waals surface area contributed by atoms with Crippen LogP contribution in [-0.2, 0) is 4.79 Å². The van der Waals surface area contributed by atoms with Crippen LogP contribution in [0.3, 0.4) is 0 Å². The molecule has 0 aromatic rings. The van der Waals surface area contributed by atoms with E-state index in [0.29, 0.717) is 12.0 Å². The van der Waals surface area contributed by atoms with Crippen molar-refractivity contribution in [3.8, 4) is 0 Å². The second-order valence-corrected chi connectivity index (χ2v) is 4.90. The molecule has 0 radical (unpaired) electrons. The van der Waals surface area contributed by atoms with Crippen molar-refractivity contribution in [3.63, 3.8) is 0 Å². The molecule has 0 heterocycles. The predicted octanol–water partition coefficient (Wildman–Crippen LogP) is 5.10. The van der Waals surface area contributed by atoms with Crippen molar-refractivity contribution in [2.75, 3.05) is 0 Å². The first-order valence-corrected chi connectivity index (χ1v) is 7.16.